The van der Waals surface area contributed by atoms with Gasteiger partial charge in [-0.05, 0) is 24.0 Å². The Morgan fingerprint density at radius 2 is 2.47 bits per heavy atom. The first kappa shape index (κ1) is 12.4. The predicted molar refractivity (Wildman–Crippen MR) is 74.5 cm³/mol. The largest absolute Gasteiger partial charge is 0.361 e. The van der Waals surface area contributed by atoms with E-state index in [4.69, 9.17) is 0 Å². The average Bonchev–Trinajstić information content (AvgIpc) is 2.79. The van der Waals surface area contributed by atoms with E-state index in [0.717, 1.165) is 23.9 Å². The summed E-state index contributed by atoms with van der Waals surface area (Å²) in [6.07, 6.45) is 4.68. The van der Waals surface area contributed by atoms with Gasteiger partial charge in [-0.2, -0.15) is 0 Å². The normalized spacial score (nSPS) is 22.1. The number of aromatic nitrogens is 1. The number of hydrogen-bond acceptors (Lipinski definition) is 3. The molecular weight excluding hydrogens is 230 g/mol. The van der Waals surface area contributed by atoms with Crippen molar-refractivity contribution in [2.75, 3.05) is 12.3 Å². The molecule has 1 aliphatic heterocycles. The molecule has 1 fully saturated rings. The van der Waals surface area contributed by atoms with Gasteiger partial charge in [-0.25, -0.2) is 0 Å². The lowest BCUT2D eigenvalue weighted by molar-refractivity contribution is 0.503. The molecule has 1 saturated heterocycles. The molecule has 0 aliphatic carbocycles. The lowest BCUT2D eigenvalue weighted by Crippen LogP contribution is -2.31. The predicted octanol–water partition coefficient (Wildman–Crippen LogP) is 2.34. The second-order valence-corrected chi connectivity index (χ2v) is 5.61. The van der Waals surface area contributed by atoms with Gasteiger partial charge in [0.25, 0.3) is 0 Å². The molecule has 1 aliphatic rings. The van der Waals surface area contributed by atoms with Gasteiger partial charge in [0.05, 0.1) is 0 Å². The average molecular weight is 249 g/mol. The number of nitrogens with one attached hydrogen (secondary N) is 1. The van der Waals surface area contributed by atoms with Crippen molar-refractivity contribution >= 4 is 16.9 Å². The summed E-state index contributed by atoms with van der Waals surface area (Å²) in [6, 6.07) is 4.65. The summed E-state index contributed by atoms with van der Waals surface area (Å²) in [5, 5.41) is 4.58. The van der Waals surface area contributed by atoms with E-state index in [2.05, 4.69) is 35.2 Å². The third-order valence-corrected chi connectivity index (χ3v) is 3.94. The molecule has 0 amide bonds. The van der Waals surface area contributed by atoms with Crippen LogP contribution in [0.3, 0.4) is 0 Å². The van der Waals surface area contributed by atoms with Crippen LogP contribution in [0, 0.1) is 5.92 Å². The SMILES string of the molecule is CC(C)[C@H]1CSC(=NCCc2cccnc2)N1. The summed E-state index contributed by atoms with van der Waals surface area (Å²) in [5.41, 5.74) is 1.25. The van der Waals surface area contributed by atoms with Crippen molar-refractivity contribution in [3.8, 4) is 0 Å². The van der Waals surface area contributed by atoms with E-state index in [0.29, 0.717) is 12.0 Å². The van der Waals surface area contributed by atoms with Gasteiger partial charge in [0.15, 0.2) is 5.17 Å². The van der Waals surface area contributed by atoms with Crippen LogP contribution < -0.4 is 5.32 Å². The molecule has 1 atom stereocenters. The number of nitrogens with zero attached hydrogens (tertiary/aromatic N) is 2. The number of aliphatic imine (C=N–C) groups is 1. The minimum atomic E-state index is 0.581. The number of amidine groups is 1. The van der Waals surface area contributed by atoms with Crippen LogP contribution in [-0.2, 0) is 6.42 Å². The van der Waals surface area contributed by atoms with Gasteiger partial charge in [0.2, 0.25) is 0 Å². The van der Waals surface area contributed by atoms with E-state index in [1.807, 2.05) is 24.0 Å². The monoisotopic (exact) mass is 249 g/mol. The molecule has 0 aromatic carbocycles. The van der Waals surface area contributed by atoms with Gasteiger partial charge in [0.1, 0.15) is 0 Å². The molecule has 0 saturated carbocycles. The van der Waals surface area contributed by atoms with Crippen LogP contribution in [0.5, 0.6) is 0 Å². The second-order valence-electron chi connectivity index (χ2n) is 4.60. The quantitative estimate of drug-likeness (QED) is 0.890. The molecule has 2 rings (SSSR count). The molecule has 0 spiro atoms. The highest BCUT2D eigenvalue weighted by Gasteiger charge is 2.22. The van der Waals surface area contributed by atoms with E-state index in [-0.39, 0.29) is 0 Å². The first-order valence-electron chi connectivity index (χ1n) is 6.08. The maximum absolute atomic E-state index is 4.59. The zero-order chi connectivity index (χ0) is 12.1. The van der Waals surface area contributed by atoms with Crippen LogP contribution in [-0.4, -0.2) is 28.5 Å². The van der Waals surface area contributed by atoms with Crippen molar-refractivity contribution < 1.29 is 0 Å². The van der Waals surface area contributed by atoms with Crippen LogP contribution in [0.25, 0.3) is 0 Å². The van der Waals surface area contributed by atoms with Gasteiger partial charge >= 0.3 is 0 Å². The summed E-state index contributed by atoms with van der Waals surface area (Å²) in [6.45, 7) is 5.33. The van der Waals surface area contributed by atoms with Gasteiger partial charge in [-0.3, -0.25) is 9.98 Å². The van der Waals surface area contributed by atoms with Crippen LogP contribution in [0.4, 0.5) is 0 Å². The molecule has 4 heteroatoms. The van der Waals surface area contributed by atoms with Gasteiger partial charge in [0, 0.05) is 30.7 Å². The molecule has 0 radical (unpaired) electrons. The van der Waals surface area contributed by atoms with Crippen molar-refractivity contribution in [2.24, 2.45) is 10.9 Å². The van der Waals surface area contributed by atoms with Crippen molar-refractivity contribution in [2.45, 2.75) is 26.3 Å². The standard InChI is InChI=1S/C13H19N3S/c1-10(2)12-9-17-13(16-12)15-7-5-11-4-3-6-14-8-11/h3-4,6,8,10,12H,5,7,9H2,1-2H3,(H,15,16)/t12-/m1/s1. The van der Waals surface area contributed by atoms with E-state index in [9.17, 15) is 0 Å². The Morgan fingerprint density at radius 3 is 3.12 bits per heavy atom. The van der Waals surface area contributed by atoms with Crippen LogP contribution >= 0.6 is 11.8 Å². The fourth-order valence-electron chi connectivity index (χ4n) is 1.69. The Morgan fingerprint density at radius 1 is 1.59 bits per heavy atom. The summed E-state index contributed by atoms with van der Waals surface area (Å²) in [4.78, 5) is 8.69. The van der Waals surface area contributed by atoms with Crippen LogP contribution in [0.1, 0.15) is 19.4 Å². The Balaban J connectivity index is 1.79. The molecule has 3 nitrogen and oxygen atoms in total. The van der Waals surface area contributed by atoms with Gasteiger partial charge in [-0.15, -0.1) is 0 Å². The van der Waals surface area contributed by atoms with E-state index in [1.54, 1.807) is 6.20 Å². The zero-order valence-electron chi connectivity index (χ0n) is 10.4. The topological polar surface area (TPSA) is 37.3 Å². The highest BCUT2D eigenvalue weighted by Crippen LogP contribution is 2.18. The van der Waals surface area contributed by atoms with Crippen molar-refractivity contribution in [3.63, 3.8) is 0 Å². The number of thioether (sulfide) groups is 1. The Kier molecular flexibility index (Phi) is 4.42. The Bertz CT molecular complexity index is 376. The van der Waals surface area contributed by atoms with Crippen LogP contribution in [0.15, 0.2) is 29.5 Å². The molecule has 17 heavy (non-hydrogen) atoms. The van der Waals surface area contributed by atoms with Gasteiger partial charge in [-0.1, -0.05) is 31.7 Å². The second kappa shape index (κ2) is 6.05. The Hall–Kier alpha value is -1.03. The lowest BCUT2D eigenvalue weighted by atomic mass is 10.1. The third kappa shape index (κ3) is 3.73. The minimum Gasteiger partial charge on any atom is -0.361 e. The fourth-order valence-corrected chi connectivity index (χ4v) is 2.92. The van der Waals surface area contributed by atoms with E-state index >= 15 is 0 Å². The molecule has 92 valence electrons. The van der Waals surface area contributed by atoms with Crippen molar-refractivity contribution in [1.29, 1.82) is 0 Å². The van der Waals surface area contributed by atoms with Crippen LogP contribution in [0.2, 0.25) is 0 Å². The summed E-state index contributed by atoms with van der Waals surface area (Å²) in [5.74, 6) is 1.82. The summed E-state index contributed by atoms with van der Waals surface area (Å²) < 4.78 is 0. The third-order valence-electron chi connectivity index (χ3n) is 2.89. The van der Waals surface area contributed by atoms with E-state index < -0.39 is 0 Å². The van der Waals surface area contributed by atoms with Crippen molar-refractivity contribution in [3.05, 3.63) is 30.1 Å². The highest BCUT2D eigenvalue weighted by molar-refractivity contribution is 8.14. The van der Waals surface area contributed by atoms with Gasteiger partial charge < -0.3 is 5.32 Å². The molecule has 1 aromatic rings. The fraction of sp³-hybridized carbons (Fsp3) is 0.538. The number of hydrogen-bond donors (Lipinski definition) is 1. The first-order chi connectivity index (χ1) is 8.25. The zero-order valence-corrected chi connectivity index (χ0v) is 11.2. The summed E-state index contributed by atoms with van der Waals surface area (Å²) >= 11 is 1.84. The minimum absolute atomic E-state index is 0.581. The number of rotatable bonds is 4. The molecule has 1 aromatic heterocycles. The molecule has 1 N–H and O–H groups in total. The maximum atomic E-state index is 4.59. The maximum Gasteiger partial charge on any atom is 0.156 e. The first-order valence-corrected chi connectivity index (χ1v) is 7.07. The molecule has 0 unspecified atom stereocenters. The molecule has 0 bridgehead atoms. The van der Waals surface area contributed by atoms with Crippen molar-refractivity contribution in [1.82, 2.24) is 10.3 Å². The smallest absolute Gasteiger partial charge is 0.156 e. The summed E-state index contributed by atoms with van der Waals surface area (Å²) in [7, 11) is 0. The number of pyridine rings is 1. The molecular formula is C13H19N3S. The van der Waals surface area contributed by atoms with E-state index in [1.165, 1.54) is 5.56 Å². The molecule has 2 heterocycles. The lowest BCUT2D eigenvalue weighted by Gasteiger charge is -2.13. The Labute approximate surface area is 107 Å². The highest BCUT2D eigenvalue weighted by atomic mass is 32.2.